The molecule has 0 fully saturated rings. The maximum atomic E-state index is 6.20. The third kappa shape index (κ3) is 7.30. The van der Waals surface area contributed by atoms with Crippen LogP contribution in [0.15, 0.2) is 253 Å². The first kappa shape index (κ1) is 37.5. The lowest BCUT2D eigenvalue weighted by molar-refractivity contribution is 0.620. The molecule has 10 aromatic carbocycles. The first-order chi connectivity index (χ1) is 31.2. The zero-order valence-corrected chi connectivity index (χ0v) is 34.4. The van der Waals surface area contributed by atoms with E-state index in [1.165, 1.54) is 16.3 Å². The van der Waals surface area contributed by atoms with Crippen LogP contribution >= 0.6 is 0 Å². The second kappa shape index (κ2) is 16.5. The molecule has 0 atom stereocenters. The molecule has 0 bridgehead atoms. The van der Waals surface area contributed by atoms with Crippen LogP contribution in [0.4, 0.5) is 34.1 Å². The Morgan fingerprint density at radius 1 is 0.317 bits per heavy atom. The molecule has 0 N–H and O–H groups in total. The van der Waals surface area contributed by atoms with E-state index in [4.69, 9.17) is 9.40 Å². The quantitative estimate of drug-likeness (QED) is 0.138. The van der Waals surface area contributed by atoms with Gasteiger partial charge in [-0.25, -0.2) is 4.98 Å². The normalized spacial score (nSPS) is 11.2. The molecule has 11 aromatic rings. The van der Waals surface area contributed by atoms with Crippen molar-refractivity contribution in [3.63, 3.8) is 0 Å². The second-order valence-electron chi connectivity index (χ2n) is 15.6. The molecule has 0 radical (unpaired) electrons. The van der Waals surface area contributed by atoms with Gasteiger partial charge in [-0.05, 0) is 147 Å². The van der Waals surface area contributed by atoms with Gasteiger partial charge in [0.2, 0.25) is 5.89 Å². The molecule has 0 spiro atoms. The third-order valence-corrected chi connectivity index (χ3v) is 11.7. The maximum absolute atomic E-state index is 6.20. The van der Waals surface area contributed by atoms with Crippen molar-refractivity contribution in [3.8, 4) is 44.8 Å². The summed E-state index contributed by atoms with van der Waals surface area (Å²) in [5, 5.41) is 2.35. The van der Waals surface area contributed by atoms with Crippen LogP contribution in [0.25, 0.3) is 66.7 Å². The molecule has 1 heterocycles. The van der Waals surface area contributed by atoms with Crippen LogP contribution in [-0.4, -0.2) is 4.98 Å². The maximum Gasteiger partial charge on any atom is 0.227 e. The van der Waals surface area contributed by atoms with E-state index in [1.54, 1.807) is 0 Å². The molecule has 4 nitrogen and oxygen atoms in total. The highest BCUT2D eigenvalue weighted by Gasteiger charge is 2.21. The molecular formula is C59H41N3O. The molecule has 11 rings (SSSR count). The lowest BCUT2D eigenvalue weighted by atomic mass is 9.83. The third-order valence-electron chi connectivity index (χ3n) is 11.7. The summed E-state index contributed by atoms with van der Waals surface area (Å²) in [5.74, 6) is 0.610. The van der Waals surface area contributed by atoms with Crippen molar-refractivity contribution >= 4 is 56.0 Å². The van der Waals surface area contributed by atoms with Gasteiger partial charge >= 0.3 is 0 Å². The Balaban J connectivity index is 1.09. The molecule has 1 aromatic heterocycles. The molecule has 0 aliphatic heterocycles. The first-order valence-electron chi connectivity index (χ1n) is 21.3. The summed E-state index contributed by atoms with van der Waals surface area (Å²) in [6.45, 7) is 0. The highest BCUT2D eigenvalue weighted by Crippen LogP contribution is 2.47. The predicted molar refractivity (Wildman–Crippen MR) is 263 cm³/mol. The zero-order valence-electron chi connectivity index (χ0n) is 34.4. The number of benzene rings is 10. The molecule has 0 aliphatic rings. The topological polar surface area (TPSA) is 32.5 Å². The van der Waals surface area contributed by atoms with E-state index < -0.39 is 0 Å². The Hall–Kier alpha value is -8.47. The number of aromatic nitrogens is 1. The van der Waals surface area contributed by atoms with Gasteiger partial charge in [0.1, 0.15) is 5.52 Å². The summed E-state index contributed by atoms with van der Waals surface area (Å²) in [7, 11) is 0. The monoisotopic (exact) mass is 807 g/mol. The summed E-state index contributed by atoms with van der Waals surface area (Å²) in [6.07, 6.45) is 0. The smallest absolute Gasteiger partial charge is 0.227 e. The van der Waals surface area contributed by atoms with E-state index in [2.05, 4.69) is 234 Å². The summed E-state index contributed by atoms with van der Waals surface area (Å²) in [6, 6.07) is 88.0. The fraction of sp³-hybridized carbons (Fsp3) is 0. The van der Waals surface area contributed by atoms with Gasteiger partial charge in [0.05, 0.1) is 0 Å². The molecule has 63 heavy (non-hydrogen) atoms. The standard InChI is InChI=1S/C59H41N3O/c1-5-18-47(19-6-1)61(48-20-7-2-8-21-48)51-37-33-42(34-38-51)54-41-46-17-13-14-26-53(46)57(43-29-31-45(32-30-43)59-60-55-27-15-16-28-56(55)63-59)58(54)44-35-39-52(40-36-44)62(49-22-9-3-10-23-49)50-24-11-4-12-25-50/h1-41H. The minimum absolute atomic E-state index is 0.610. The molecule has 4 heteroatoms. The SMILES string of the molecule is c1ccc(N(c2ccccc2)c2ccc(-c3cc4ccccc4c(-c4ccc(-c5nc6ccccc6o5)cc4)c3-c3ccc(N(c4ccccc4)c4ccccc4)cc3)cc2)cc1. The van der Waals surface area contributed by atoms with Crippen molar-refractivity contribution in [2.75, 3.05) is 9.80 Å². The van der Waals surface area contributed by atoms with Gasteiger partial charge in [-0.2, -0.15) is 0 Å². The fourth-order valence-corrected chi connectivity index (χ4v) is 8.72. The van der Waals surface area contributed by atoms with Crippen LogP contribution in [0.3, 0.4) is 0 Å². The number of fused-ring (bicyclic) bond motifs is 2. The van der Waals surface area contributed by atoms with Gasteiger partial charge in [0.25, 0.3) is 0 Å². The van der Waals surface area contributed by atoms with E-state index in [0.717, 1.165) is 78.6 Å². The molecule has 0 amide bonds. The van der Waals surface area contributed by atoms with Crippen LogP contribution < -0.4 is 9.80 Å². The zero-order chi connectivity index (χ0) is 42.0. The summed E-state index contributed by atoms with van der Waals surface area (Å²) in [4.78, 5) is 9.42. The van der Waals surface area contributed by atoms with E-state index in [1.807, 2.05) is 24.3 Å². The number of oxazole rings is 1. The molecular weight excluding hydrogens is 767 g/mol. The highest BCUT2D eigenvalue weighted by atomic mass is 16.3. The Morgan fingerprint density at radius 3 is 1.24 bits per heavy atom. The number of hydrogen-bond donors (Lipinski definition) is 0. The van der Waals surface area contributed by atoms with Crippen molar-refractivity contribution < 1.29 is 4.42 Å². The van der Waals surface area contributed by atoms with Crippen molar-refractivity contribution in [2.45, 2.75) is 0 Å². The van der Waals surface area contributed by atoms with E-state index >= 15 is 0 Å². The Kier molecular flexibility index (Phi) is 9.85. The first-order valence-corrected chi connectivity index (χ1v) is 21.3. The Morgan fingerprint density at radius 2 is 0.714 bits per heavy atom. The van der Waals surface area contributed by atoms with Gasteiger partial charge in [0.15, 0.2) is 5.58 Å². The van der Waals surface area contributed by atoms with Crippen LogP contribution in [0.5, 0.6) is 0 Å². The minimum atomic E-state index is 0.610. The lowest BCUT2D eigenvalue weighted by Crippen LogP contribution is -2.09. The minimum Gasteiger partial charge on any atom is -0.436 e. The molecule has 0 aliphatic carbocycles. The van der Waals surface area contributed by atoms with Gasteiger partial charge < -0.3 is 14.2 Å². The van der Waals surface area contributed by atoms with Crippen molar-refractivity contribution in [2.24, 2.45) is 0 Å². The molecule has 298 valence electrons. The van der Waals surface area contributed by atoms with Crippen LogP contribution in [0.1, 0.15) is 0 Å². The van der Waals surface area contributed by atoms with Crippen molar-refractivity contribution in [3.05, 3.63) is 249 Å². The molecule has 0 saturated heterocycles. The van der Waals surface area contributed by atoms with E-state index in [-0.39, 0.29) is 0 Å². The number of hydrogen-bond acceptors (Lipinski definition) is 4. The molecule has 0 unspecified atom stereocenters. The summed E-state index contributed by atoms with van der Waals surface area (Å²) >= 11 is 0. The van der Waals surface area contributed by atoms with Crippen molar-refractivity contribution in [1.29, 1.82) is 0 Å². The number of rotatable bonds is 10. The molecule has 0 saturated carbocycles. The van der Waals surface area contributed by atoms with Crippen LogP contribution in [0, 0.1) is 0 Å². The Labute approximate surface area is 367 Å². The predicted octanol–water partition coefficient (Wildman–Crippen LogP) is 16.6. The van der Waals surface area contributed by atoms with E-state index in [0.29, 0.717) is 5.89 Å². The van der Waals surface area contributed by atoms with Gasteiger partial charge in [-0.15, -0.1) is 0 Å². The van der Waals surface area contributed by atoms with Crippen molar-refractivity contribution in [1.82, 2.24) is 4.98 Å². The van der Waals surface area contributed by atoms with Crippen LogP contribution in [-0.2, 0) is 0 Å². The number of anilines is 6. The highest BCUT2D eigenvalue weighted by molar-refractivity contribution is 6.10. The summed E-state index contributed by atoms with van der Waals surface area (Å²) in [5.41, 5.74) is 16.0. The lowest BCUT2D eigenvalue weighted by Gasteiger charge is -2.26. The second-order valence-corrected chi connectivity index (χ2v) is 15.6. The van der Waals surface area contributed by atoms with Gasteiger partial charge in [-0.3, -0.25) is 0 Å². The van der Waals surface area contributed by atoms with Gasteiger partial charge in [0, 0.05) is 39.7 Å². The average Bonchev–Trinajstić information content (AvgIpc) is 3.80. The largest absolute Gasteiger partial charge is 0.436 e. The number of para-hydroxylation sites is 6. The average molecular weight is 808 g/mol. The van der Waals surface area contributed by atoms with Crippen LogP contribution in [0.2, 0.25) is 0 Å². The Bertz CT molecular complexity index is 3180. The fourth-order valence-electron chi connectivity index (χ4n) is 8.72. The summed E-state index contributed by atoms with van der Waals surface area (Å²) < 4.78 is 6.20. The van der Waals surface area contributed by atoms with Gasteiger partial charge in [-0.1, -0.05) is 146 Å². The van der Waals surface area contributed by atoms with E-state index in [9.17, 15) is 0 Å². The number of nitrogens with zero attached hydrogens (tertiary/aromatic N) is 3.